The fraction of sp³-hybridized carbons (Fsp3) is 0.722. The maximum Gasteiger partial charge on any atom is 0.128 e. The molecule has 3 heteroatoms. The first kappa shape index (κ1) is 16.3. The zero-order valence-corrected chi connectivity index (χ0v) is 14.2. The van der Waals surface area contributed by atoms with Crippen molar-refractivity contribution in [2.75, 3.05) is 13.7 Å². The normalized spacial score (nSPS) is 23.3. The Hall–Kier alpha value is -1.09. The van der Waals surface area contributed by atoms with Crippen molar-refractivity contribution in [3.05, 3.63) is 23.0 Å². The largest absolute Gasteiger partial charge is 0.496 e. The van der Waals surface area contributed by atoms with E-state index in [4.69, 9.17) is 4.74 Å². The van der Waals surface area contributed by atoms with Gasteiger partial charge in [0.1, 0.15) is 5.75 Å². The van der Waals surface area contributed by atoms with Crippen LogP contribution in [0.3, 0.4) is 0 Å². The Morgan fingerprint density at radius 1 is 1.38 bits per heavy atom. The molecule has 1 aliphatic rings. The lowest BCUT2D eigenvalue weighted by atomic mass is 9.86. The van der Waals surface area contributed by atoms with Gasteiger partial charge in [0.05, 0.1) is 7.11 Å². The van der Waals surface area contributed by atoms with Crippen molar-refractivity contribution in [3.63, 3.8) is 0 Å². The van der Waals surface area contributed by atoms with Crippen molar-refractivity contribution in [1.82, 2.24) is 10.3 Å². The molecule has 3 atom stereocenters. The molecule has 1 saturated carbocycles. The second kappa shape index (κ2) is 7.26. The molecule has 3 unspecified atom stereocenters. The van der Waals surface area contributed by atoms with Crippen LogP contribution < -0.4 is 10.1 Å². The van der Waals surface area contributed by atoms with Crippen molar-refractivity contribution in [3.8, 4) is 5.75 Å². The van der Waals surface area contributed by atoms with Gasteiger partial charge in [0, 0.05) is 35.5 Å². The number of ether oxygens (including phenoxy) is 1. The number of nitrogens with one attached hydrogen (secondary N) is 1. The van der Waals surface area contributed by atoms with Gasteiger partial charge in [0.2, 0.25) is 0 Å². The Kier molecular flexibility index (Phi) is 5.63. The van der Waals surface area contributed by atoms with E-state index < -0.39 is 0 Å². The van der Waals surface area contributed by atoms with Gasteiger partial charge in [-0.2, -0.15) is 0 Å². The summed E-state index contributed by atoms with van der Waals surface area (Å²) >= 11 is 0. The van der Waals surface area contributed by atoms with Crippen LogP contribution in [0.25, 0.3) is 0 Å². The Bertz CT molecular complexity index is 473. The van der Waals surface area contributed by atoms with Crippen molar-refractivity contribution in [2.24, 2.45) is 11.8 Å². The molecule has 21 heavy (non-hydrogen) atoms. The number of aromatic nitrogens is 1. The molecule has 1 N–H and O–H groups in total. The second-order valence-electron chi connectivity index (χ2n) is 6.49. The standard InChI is InChI=1S/C18H30N2O/c1-6-19-17(15-9-7-8-12(15)2)10-16-14(4)18(21-5)13(3)11-20-16/h11-12,15,17,19H,6-10H2,1-5H3. The van der Waals surface area contributed by atoms with Crippen LogP contribution in [0.2, 0.25) is 0 Å². The molecule has 3 nitrogen and oxygen atoms in total. The van der Waals surface area contributed by atoms with Gasteiger partial charge in [-0.25, -0.2) is 0 Å². The van der Waals surface area contributed by atoms with E-state index in [1.807, 2.05) is 6.20 Å². The summed E-state index contributed by atoms with van der Waals surface area (Å²) < 4.78 is 5.54. The van der Waals surface area contributed by atoms with E-state index in [1.165, 1.54) is 30.5 Å². The number of likely N-dealkylation sites (N-methyl/N-ethyl adjacent to an activating group) is 1. The number of nitrogens with zero attached hydrogens (tertiary/aromatic N) is 1. The van der Waals surface area contributed by atoms with Crippen LogP contribution in [0, 0.1) is 25.7 Å². The fourth-order valence-corrected chi connectivity index (χ4v) is 3.89. The van der Waals surface area contributed by atoms with Crippen LogP contribution in [0.1, 0.15) is 49.9 Å². The number of aryl methyl sites for hydroxylation is 1. The van der Waals surface area contributed by atoms with Gasteiger partial charge in [-0.05, 0) is 38.6 Å². The third-order valence-electron chi connectivity index (χ3n) is 5.07. The average molecular weight is 290 g/mol. The smallest absolute Gasteiger partial charge is 0.128 e. The summed E-state index contributed by atoms with van der Waals surface area (Å²) in [5.74, 6) is 2.59. The highest BCUT2D eigenvalue weighted by atomic mass is 16.5. The van der Waals surface area contributed by atoms with E-state index in [-0.39, 0.29) is 0 Å². The van der Waals surface area contributed by atoms with Crippen molar-refractivity contribution in [2.45, 2.75) is 59.4 Å². The van der Waals surface area contributed by atoms with E-state index in [0.717, 1.165) is 36.1 Å². The Morgan fingerprint density at radius 3 is 2.71 bits per heavy atom. The minimum absolute atomic E-state index is 0.533. The van der Waals surface area contributed by atoms with Crippen molar-refractivity contribution < 1.29 is 4.74 Å². The van der Waals surface area contributed by atoms with Crippen LogP contribution in [0.5, 0.6) is 5.75 Å². The third kappa shape index (κ3) is 3.57. The molecule has 1 aliphatic carbocycles. The molecule has 2 rings (SSSR count). The van der Waals surface area contributed by atoms with Gasteiger partial charge >= 0.3 is 0 Å². The van der Waals surface area contributed by atoms with E-state index in [1.54, 1.807) is 7.11 Å². The predicted octanol–water partition coefficient (Wildman–Crippen LogP) is 3.66. The van der Waals surface area contributed by atoms with Gasteiger partial charge < -0.3 is 10.1 Å². The SMILES string of the molecule is CCNC(Cc1ncc(C)c(OC)c1C)C1CCCC1C. The van der Waals surface area contributed by atoms with Crippen LogP contribution in [-0.4, -0.2) is 24.7 Å². The summed E-state index contributed by atoms with van der Waals surface area (Å²) in [4.78, 5) is 4.68. The first-order valence-electron chi connectivity index (χ1n) is 8.30. The molecule has 1 aromatic heterocycles. The van der Waals surface area contributed by atoms with Gasteiger partial charge in [0.25, 0.3) is 0 Å². The monoisotopic (exact) mass is 290 g/mol. The molecule has 0 radical (unpaired) electrons. The number of methoxy groups -OCH3 is 1. The minimum atomic E-state index is 0.533. The molecule has 0 amide bonds. The van der Waals surface area contributed by atoms with E-state index in [2.05, 4.69) is 38.0 Å². The Labute approximate surface area is 129 Å². The topological polar surface area (TPSA) is 34.2 Å². The summed E-state index contributed by atoms with van der Waals surface area (Å²) in [7, 11) is 1.75. The zero-order valence-electron chi connectivity index (χ0n) is 14.2. The summed E-state index contributed by atoms with van der Waals surface area (Å²) in [6.07, 6.45) is 7.04. The van der Waals surface area contributed by atoms with Crippen LogP contribution in [-0.2, 0) is 6.42 Å². The highest BCUT2D eigenvalue weighted by Gasteiger charge is 2.31. The average Bonchev–Trinajstić information content (AvgIpc) is 2.88. The number of rotatable bonds is 6. The highest BCUT2D eigenvalue weighted by molar-refractivity contribution is 5.41. The second-order valence-corrected chi connectivity index (χ2v) is 6.49. The van der Waals surface area contributed by atoms with Gasteiger partial charge in [-0.15, -0.1) is 0 Å². The maximum atomic E-state index is 5.54. The zero-order chi connectivity index (χ0) is 15.4. The molecule has 1 fully saturated rings. The fourth-order valence-electron chi connectivity index (χ4n) is 3.89. The molecule has 118 valence electrons. The molecule has 1 aromatic rings. The molecular weight excluding hydrogens is 260 g/mol. The first-order valence-corrected chi connectivity index (χ1v) is 8.30. The predicted molar refractivity (Wildman–Crippen MR) is 87.9 cm³/mol. The molecule has 0 bridgehead atoms. The van der Waals surface area contributed by atoms with Crippen LogP contribution >= 0.6 is 0 Å². The van der Waals surface area contributed by atoms with Crippen molar-refractivity contribution in [1.29, 1.82) is 0 Å². The summed E-state index contributed by atoms with van der Waals surface area (Å²) in [5, 5.41) is 3.70. The molecule has 0 aliphatic heterocycles. The van der Waals surface area contributed by atoms with E-state index >= 15 is 0 Å². The quantitative estimate of drug-likeness (QED) is 0.868. The molecule has 1 heterocycles. The van der Waals surface area contributed by atoms with Crippen molar-refractivity contribution >= 4 is 0 Å². The number of pyridine rings is 1. The third-order valence-corrected chi connectivity index (χ3v) is 5.07. The first-order chi connectivity index (χ1) is 10.1. The van der Waals surface area contributed by atoms with Crippen LogP contribution in [0.15, 0.2) is 6.20 Å². The Morgan fingerprint density at radius 2 is 2.14 bits per heavy atom. The van der Waals surface area contributed by atoms with E-state index in [0.29, 0.717) is 6.04 Å². The summed E-state index contributed by atoms with van der Waals surface area (Å²) in [6.45, 7) is 9.81. The van der Waals surface area contributed by atoms with Gasteiger partial charge in [0.15, 0.2) is 0 Å². The molecule has 0 spiro atoms. The lowest BCUT2D eigenvalue weighted by Crippen LogP contribution is -2.39. The number of hydrogen-bond donors (Lipinski definition) is 1. The van der Waals surface area contributed by atoms with Gasteiger partial charge in [-0.1, -0.05) is 26.7 Å². The number of hydrogen-bond acceptors (Lipinski definition) is 3. The van der Waals surface area contributed by atoms with Crippen LogP contribution in [0.4, 0.5) is 0 Å². The lowest BCUT2D eigenvalue weighted by Gasteiger charge is -2.28. The summed E-state index contributed by atoms with van der Waals surface area (Å²) in [5.41, 5.74) is 3.50. The summed E-state index contributed by atoms with van der Waals surface area (Å²) in [6, 6.07) is 0.533. The molecule has 0 aromatic carbocycles. The Balaban J connectivity index is 2.20. The minimum Gasteiger partial charge on any atom is -0.496 e. The highest BCUT2D eigenvalue weighted by Crippen LogP contribution is 2.35. The maximum absolute atomic E-state index is 5.54. The molecular formula is C18H30N2O. The van der Waals surface area contributed by atoms with Gasteiger partial charge in [-0.3, -0.25) is 4.98 Å². The lowest BCUT2D eigenvalue weighted by molar-refractivity contribution is 0.296. The molecule has 0 saturated heterocycles. The van der Waals surface area contributed by atoms with E-state index in [9.17, 15) is 0 Å².